The third kappa shape index (κ3) is 4.88. The van der Waals surface area contributed by atoms with Crippen LogP contribution in [0.25, 0.3) is 6.08 Å². The second-order valence-corrected chi connectivity index (χ2v) is 9.03. The SMILES string of the molecule is CCOC(=O)c1c(NC(=O)C(=O)NN=C=C2C=c3ccccc3=NC2=O)sc2c1CCC(C)C2. The first kappa shape index (κ1) is 23.3. The summed E-state index contributed by atoms with van der Waals surface area (Å²) < 4.78 is 5.17. The first-order chi connectivity index (χ1) is 16.4. The maximum atomic E-state index is 12.6. The molecule has 0 spiro atoms. The Bertz CT molecular complexity index is 1380. The van der Waals surface area contributed by atoms with Crippen LogP contribution in [0, 0.1) is 5.92 Å². The van der Waals surface area contributed by atoms with Gasteiger partial charge in [-0.1, -0.05) is 25.1 Å². The topological polar surface area (TPSA) is 126 Å². The summed E-state index contributed by atoms with van der Waals surface area (Å²) in [5.41, 5.74) is 3.28. The van der Waals surface area contributed by atoms with Crippen molar-refractivity contribution in [2.75, 3.05) is 11.9 Å². The predicted molar refractivity (Wildman–Crippen MR) is 126 cm³/mol. The molecule has 0 saturated heterocycles. The number of nitrogens with one attached hydrogen (secondary N) is 2. The zero-order valence-corrected chi connectivity index (χ0v) is 19.5. The number of esters is 1. The van der Waals surface area contributed by atoms with Crippen LogP contribution >= 0.6 is 11.3 Å². The largest absolute Gasteiger partial charge is 0.462 e. The Balaban J connectivity index is 1.51. The average molecular weight is 479 g/mol. The molecule has 1 unspecified atom stereocenters. The van der Waals surface area contributed by atoms with E-state index in [9.17, 15) is 19.2 Å². The number of hydrogen-bond donors (Lipinski definition) is 2. The smallest absolute Gasteiger partial charge is 0.341 e. The van der Waals surface area contributed by atoms with Crippen LogP contribution in [0.2, 0.25) is 0 Å². The fourth-order valence-electron chi connectivity index (χ4n) is 3.79. The van der Waals surface area contributed by atoms with Gasteiger partial charge in [0.05, 0.1) is 17.5 Å². The number of ether oxygens (including phenoxy) is 1. The van der Waals surface area contributed by atoms with Crippen LogP contribution in [-0.2, 0) is 32.0 Å². The van der Waals surface area contributed by atoms with Crippen molar-refractivity contribution in [3.05, 3.63) is 56.4 Å². The van der Waals surface area contributed by atoms with Gasteiger partial charge in [0.1, 0.15) is 10.6 Å². The van der Waals surface area contributed by atoms with Crippen LogP contribution in [0.1, 0.15) is 41.1 Å². The highest BCUT2D eigenvalue weighted by Crippen LogP contribution is 2.40. The van der Waals surface area contributed by atoms with Crippen molar-refractivity contribution in [3.63, 3.8) is 0 Å². The van der Waals surface area contributed by atoms with Gasteiger partial charge in [-0.05, 0) is 49.8 Å². The summed E-state index contributed by atoms with van der Waals surface area (Å²) in [6, 6.07) is 7.05. The average Bonchev–Trinajstić information content (AvgIpc) is 3.16. The number of amides is 3. The molecular weight excluding hydrogens is 456 g/mol. The predicted octanol–water partition coefficient (Wildman–Crippen LogP) is 1.26. The number of anilines is 1. The summed E-state index contributed by atoms with van der Waals surface area (Å²) >= 11 is 1.28. The van der Waals surface area contributed by atoms with Crippen molar-refractivity contribution in [2.45, 2.75) is 33.1 Å². The third-order valence-electron chi connectivity index (χ3n) is 5.45. The molecule has 2 N–H and O–H groups in total. The van der Waals surface area contributed by atoms with E-state index in [2.05, 4.69) is 33.6 Å². The van der Waals surface area contributed by atoms with Crippen molar-refractivity contribution < 1.29 is 23.9 Å². The molecule has 10 heteroatoms. The molecule has 3 amide bonds. The monoisotopic (exact) mass is 478 g/mol. The van der Waals surface area contributed by atoms with Gasteiger partial charge in [-0.2, -0.15) is 0 Å². The molecular formula is C24H22N4O5S. The van der Waals surface area contributed by atoms with Crippen LogP contribution in [-0.4, -0.2) is 36.2 Å². The van der Waals surface area contributed by atoms with Crippen molar-refractivity contribution in [1.29, 1.82) is 0 Å². The van der Waals surface area contributed by atoms with E-state index in [0.717, 1.165) is 23.3 Å². The summed E-state index contributed by atoms with van der Waals surface area (Å²) in [6.45, 7) is 4.03. The van der Waals surface area contributed by atoms with Gasteiger partial charge in [0.25, 0.3) is 5.91 Å². The van der Waals surface area contributed by atoms with Crippen molar-refractivity contribution >= 4 is 52.0 Å². The van der Waals surface area contributed by atoms with E-state index in [-0.39, 0.29) is 17.2 Å². The summed E-state index contributed by atoms with van der Waals surface area (Å²) in [7, 11) is 0. The van der Waals surface area contributed by atoms with Crippen LogP contribution in [0.15, 0.2) is 39.9 Å². The van der Waals surface area contributed by atoms with Crippen molar-refractivity contribution in [2.24, 2.45) is 16.0 Å². The molecule has 9 nitrogen and oxygen atoms in total. The molecule has 0 bridgehead atoms. The van der Waals surface area contributed by atoms with Crippen LogP contribution < -0.4 is 21.3 Å². The maximum absolute atomic E-state index is 12.6. The molecule has 1 atom stereocenters. The Labute approximate surface area is 198 Å². The van der Waals surface area contributed by atoms with E-state index in [1.54, 1.807) is 37.3 Å². The number of hydrazone groups is 1. The lowest BCUT2D eigenvalue weighted by molar-refractivity contribution is -0.136. The van der Waals surface area contributed by atoms with Gasteiger partial charge in [0.15, 0.2) is 0 Å². The second kappa shape index (κ2) is 9.94. The number of hydrogen-bond acceptors (Lipinski definition) is 7. The Kier molecular flexibility index (Phi) is 6.81. The second-order valence-electron chi connectivity index (χ2n) is 7.93. The Morgan fingerprint density at radius 3 is 2.85 bits per heavy atom. The summed E-state index contributed by atoms with van der Waals surface area (Å²) in [4.78, 5) is 54.3. The zero-order valence-electron chi connectivity index (χ0n) is 18.6. The molecule has 1 aliphatic heterocycles. The van der Waals surface area contributed by atoms with Crippen molar-refractivity contribution in [1.82, 2.24) is 5.43 Å². The summed E-state index contributed by atoms with van der Waals surface area (Å²) in [5.74, 6) is -0.268. The minimum atomic E-state index is -1.07. The first-order valence-electron chi connectivity index (χ1n) is 10.8. The highest BCUT2D eigenvalue weighted by atomic mass is 32.1. The Morgan fingerprint density at radius 1 is 1.26 bits per heavy atom. The molecule has 1 aromatic carbocycles. The molecule has 2 aliphatic rings. The Morgan fingerprint density at radius 2 is 2.06 bits per heavy atom. The van der Waals surface area contributed by atoms with Gasteiger partial charge in [0, 0.05) is 16.0 Å². The summed E-state index contributed by atoms with van der Waals surface area (Å²) in [6.07, 6.45) is 3.98. The normalized spacial score (nSPS) is 16.1. The fraction of sp³-hybridized carbons (Fsp3) is 0.292. The first-order valence-corrected chi connectivity index (χ1v) is 11.6. The number of fused-ring (bicyclic) bond motifs is 2. The lowest BCUT2D eigenvalue weighted by Crippen LogP contribution is -2.33. The molecule has 1 aliphatic carbocycles. The standard InChI is InChI=1S/C24H22N4O5S/c1-3-33-24(32)19-16-9-8-13(2)10-18(16)34-23(19)27-21(30)22(31)28-25-12-15-11-14-6-4-5-7-17(14)26-20(15)29/h4-7,11,13H,3,8-10H2,1-2H3,(H,27,30)(H,28,31). The lowest BCUT2D eigenvalue weighted by Gasteiger charge is -2.18. The van der Waals surface area contributed by atoms with Gasteiger partial charge in [-0.25, -0.2) is 15.2 Å². The number of para-hydroxylation sites is 1. The summed E-state index contributed by atoms with van der Waals surface area (Å²) in [5, 5.41) is 7.64. The third-order valence-corrected chi connectivity index (χ3v) is 6.62. The van der Waals surface area contributed by atoms with Gasteiger partial charge in [0.2, 0.25) is 0 Å². The lowest BCUT2D eigenvalue weighted by atomic mass is 9.88. The Hall–Kier alpha value is -3.88. The fourth-order valence-corrected chi connectivity index (χ4v) is 5.18. The molecule has 0 radical (unpaired) electrons. The number of benzene rings is 1. The molecule has 0 fully saturated rings. The highest BCUT2D eigenvalue weighted by molar-refractivity contribution is 7.17. The maximum Gasteiger partial charge on any atom is 0.341 e. The zero-order chi connectivity index (χ0) is 24.2. The van der Waals surface area contributed by atoms with E-state index in [1.807, 2.05) is 0 Å². The van der Waals surface area contributed by atoms with Crippen LogP contribution in [0.4, 0.5) is 5.00 Å². The van der Waals surface area contributed by atoms with Crippen LogP contribution in [0.5, 0.6) is 0 Å². The number of thiophene rings is 1. The van der Waals surface area contributed by atoms with Gasteiger partial charge in [-0.15, -0.1) is 16.4 Å². The molecule has 0 saturated carbocycles. The molecule has 174 valence electrons. The molecule has 1 aromatic heterocycles. The van der Waals surface area contributed by atoms with Crippen molar-refractivity contribution in [3.8, 4) is 0 Å². The van der Waals surface area contributed by atoms with E-state index in [1.165, 1.54) is 11.3 Å². The molecule has 2 heterocycles. The number of nitrogens with zero attached hydrogens (tertiary/aromatic N) is 2. The van der Waals surface area contributed by atoms with Gasteiger partial charge in [-0.3, -0.25) is 14.4 Å². The van der Waals surface area contributed by atoms with E-state index in [4.69, 9.17) is 4.74 Å². The number of carbonyl (C=O) groups excluding carboxylic acids is 4. The van der Waals surface area contributed by atoms with Gasteiger partial charge >= 0.3 is 17.8 Å². The van der Waals surface area contributed by atoms with Gasteiger partial charge < -0.3 is 10.1 Å². The minimum absolute atomic E-state index is 0.0454. The van der Waals surface area contributed by atoms with E-state index >= 15 is 0 Å². The van der Waals surface area contributed by atoms with E-state index in [0.29, 0.717) is 28.5 Å². The highest BCUT2D eigenvalue weighted by Gasteiger charge is 2.30. The molecule has 4 rings (SSSR count). The number of carbonyl (C=O) groups is 4. The number of rotatable bonds is 4. The van der Waals surface area contributed by atoms with E-state index < -0.39 is 23.7 Å². The minimum Gasteiger partial charge on any atom is -0.462 e. The quantitative estimate of drug-likeness (QED) is 0.225. The van der Waals surface area contributed by atoms with Crippen LogP contribution in [0.3, 0.4) is 0 Å². The molecule has 34 heavy (non-hydrogen) atoms. The molecule has 2 aromatic rings.